The highest BCUT2D eigenvalue weighted by atomic mass is 16.3. The zero-order chi connectivity index (χ0) is 37.3. The molecule has 0 bridgehead atoms. The van der Waals surface area contributed by atoms with E-state index in [1.807, 2.05) is 6.07 Å². The van der Waals surface area contributed by atoms with Gasteiger partial charge < -0.3 is 14.2 Å². The molecular formula is C53H48N2O. The topological polar surface area (TPSA) is 19.6 Å². The lowest BCUT2D eigenvalue weighted by molar-refractivity contribution is 0.443. The molecule has 0 saturated heterocycles. The van der Waals surface area contributed by atoms with Crippen molar-refractivity contribution in [1.82, 2.24) is 0 Å². The summed E-state index contributed by atoms with van der Waals surface area (Å²) in [5, 5.41) is 2.26. The highest BCUT2D eigenvalue weighted by Gasteiger charge is 2.37. The fraction of sp³-hybridized carbons (Fsp3) is 0.208. The van der Waals surface area contributed by atoms with Crippen LogP contribution in [0.2, 0.25) is 0 Å². The molecule has 0 N–H and O–H groups in total. The van der Waals surface area contributed by atoms with Crippen LogP contribution in [0, 0.1) is 0 Å². The summed E-state index contributed by atoms with van der Waals surface area (Å²) in [5.74, 6) is 0.700. The van der Waals surface area contributed by atoms with Gasteiger partial charge in [0.25, 0.3) is 0 Å². The second-order valence-corrected chi connectivity index (χ2v) is 15.9. The Morgan fingerprint density at radius 1 is 0.411 bits per heavy atom. The van der Waals surface area contributed by atoms with Gasteiger partial charge in [0.05, 0.1) is 11.1 Å². The Bertz CT molecular complexity index is 2540. The Labute approximate surface area is 330 Å². The molecule has 1 aromatic heterocycles. The summed E-state index contributed by atoms with van der Waals surface area (Å²) in [7, 11) is 0. The lowest BCUT2D eigenvalue weighted by atomic mass is 9.73. The lowest BCUT2D eigenvalue weighted by Gasteiger charge is -2.33. The van der Waals surface area contributed by atoms with Crippen molar-refractivity contribution in [3.63, 3.8) is 0 Å². The van der Waals surface area contributed by atoms with Crippen molar-refractivity contribution >= 4 is 56.1 Å². The Morgan fingerprint density at radius 3 is 1.54 bits per heavy atom. The van der Waals surface area contributed by atoms with E-state index >= 15 is 0 Å². The van der Waals surface area contributed by atoms with Gasteiger partial charge >= 0.3 is 0 Å². The molecule has 7 aromatic carbocycles. The third kappa shape index (κ3) is 6.26. The standard InChI is InChI=1S/C53H48N2O/c1-4-15-39(16-5-1)40-25-31-45(32-26-40)54(43-17-6-2-7-18-43)46-33-27-41(28-34-46)53(37-12-13-38-53)42-29-35-47(36-30-42)55(44-19-8-3-9-20-44)49-22-14-24-51-52(49)48-21-10-11-23-50(48)56-51/h2-3,6-11,14,17-36,39H,1,4-5,12-13,15-16,37-38H2. The number of benzene rings is 7. The van der Waals surface area contributed by atoms with Crippen LogP contribution in [0.1, 0.15) is 80.4 Å². The summed E-state index contributed by atoms with van der Waals surface area (Å²) in [6, 6.07) is 64.6. The molecule has 10 rings (SSSR count). The Kier molecular flexibility index (Phi) is 9.15. The van der Waals surface area contributed by atoms with E-state index in [-0.39, 0.29) is 5.41 Å². The molecule has 2 fully saturated rings. The number of anilines is 6. The van der Waals surface area contributed by atoms with E-state index in [9.17, 15) is 0 Å². The van der Waals surface area contributed by atoms with E-state index in [1.165, 1.54) is 78.7 Å². The largest absolute Gasteiger partial charge is 0.456 e. The molecule has 8 aromatic rings. The molecule has 56 heavy (non-hydrogen) atoms. The van der Waals surface area contributed by atoms with Crippen LogP contribution >= 0.6 is 0 Å². The van der Waals surface area contributed by atoms with E-state index < -0.39 is 0 Å². The number of fused-ring (bicyclic) bond motifs is 3. The lowest BCUT2D eigenvalue weighted by Crippen LogP contribution is -2.24. The second-order valence-electron chi connectivity index (χ2n) is 15.9. The first-order chi connectivity index (χ1) is 27.7. The van der Waals surface area contributed by atoms with Crippen LogP contribution in [0.15, 0.2) is 180 Å². The van der Waals surface area contributed by atoms with Gasteiger partial charge in [-0.25, -0.2) is 0 Å². The SMILES string of the molecule is c1ccc(N(c2ccc(C3CCCCC3)cc2)c2ccc(C3(c4ccc(N(c5ccccc5)c5cccc6oc7ccccc7c56)cc4)CCCC3)cc2)cc1. The summed E-state index contributed by atoms with van der Waals surface area (Å²) >= 11 is 0. The number of hydrogen-bond donors (Lipinski definition) is 0. The highest BCUT2D eigenvalue weighted by molar-refractivity contribution is 6.13. The van der Waals surface area contributed by atoms with E-state index in [4.69, 9.17) is 4.42 Å². The molecule has 276 valence electrons. The maximum atomic E-state index is 6.33. The van der Waals surface area contributed by atoms with Crippen molar-refractivity contribution < 1.29 is 4.42 Å². The van der Waals surface area contributed by atoms with Gasteiger partial charge in [-0.15, -0.1) is 0 Å². The van der Waals surface area contributed by atoms with E-state index in [1.54, 1.807) is 0 Å². The Balaban J connectivity index is 0.997. The molecule has 0 amide bonds. The average Bonchev–Trinajstić information content (AvgIpc) is 3.93. The smallest absolute Gasteiger partial charge is 0.137 e. The molecule has 1 heterocycles. The minimum absolute atomic E-state index is 0.0192. The Hall–Kier alpha value is -6.06. The summed E-state index contributed by atoms with van der Waals surface area (Å²) in [6.45, 7) is 0. The summed E-state index contributed by atoms with van der Waals surface area (Å²) in [4.78, 5) is 4.79. The van der Waals surface area contributed by atoms with Crippen LogP contribution in [0.4, 0.5) is 34.1 Å². The van der Waals surface area contributed by atoms with Crippen molar-refractivity contribution in [2.45, 2.75) is 69.1 Å². The van der Waals surface area contributed by atoms with Crippen molar-refractivity contribution in [1.29, 1.82) is 0 Å². The number of rotatable bonds is 9. The maximum Gasteiger partial charge on any atom is 0.137 e. The van der Waals surface area contributed by atoms with Crippen LogP contribution in [-0.4, -0.2) is 0 Å². The van der Waals surface area contributed by atoms with Gasteiger partial charge in [0.1, 0.15) is 11.2 Å². The summed E-state index contributed by atoms with van der Waals surface area (Å²) in [5.41, 5.74) is 13.0. The van der Waals surface area contributed by atoms with Gasteiger partial charge in [-0.3, -0.25) is 0 Å². The van der Waals surface area contributed by atoms with Gasteiger partial charge in [-0.1, -0.05) is 129 Å². The summed E-state index contributed by atoms with van der Waals surface area (Å²) < 4.78 is 6.33. The van der Waals surface area contributed by atoms with Gasteiger partial charge in [-0.05, 0) is 127 Å². The van der Waals surface area contributed by atoms with Gasteiger partial charge in [0.2, 0.25) is 0 Å². The highest BCUT2D eigenvalue weighted by Crippen LogP contribution is 2.49. The normalized spacial score (nSPS) is 15.6. The first-order valence-electron chi connectivity index (χ1n) is 20.7. The summed E-state index contributed by atoms with van der Waals surface area (Å²) in [6.07, 6.45) is 11.5. The number of nitrogens with zero attached hydrogens (tertiary/aromatic N) is 2. The van der Waals surface area contributed by atoms with Crippen LogP contribution in [0.3, 0.4) is 0 Å². The van der Waals surface area contributed by atoms with E-state index in [0.717, 1.165) is 51.8 Å². The second kappa shape index (κ2) is 14.9. The number of furan rings is 1. The first-order valence-corrected chi connectivity index (χ1v) is 20.7. The minimum atomic E-state index is -0.0192. The monoisotopic (exact) mass is 728 g/mol. The Morgan fingerprint density at radius 2 is 0.911 bits per heavy atom. The average molecular weight is 729 g/mol. The predicted molar refractivity (Wildman–Crippen MR) is 235 cm³/mol. The minimum Gasteiger partial charge on any atom is -0.456 e. The predicted octanol–water partition coefficient (Wildman–Crippen LogP) is 15.4. The fourth-order valence-electron chi connectivity index (χ4n) is 9.88. The molecule has 0 radical (unpaired) electrons. The molecule has 2 aliphatic carbocycles. The van der Waals surface area contributed by atoms with Gasteiger partial charge in [-0.2, -0.15) is 0 Å². The zero-order valence-electron chi connectivity index (χ0n) is 32.0. The van der Waals surface area contributed by atoms with E-state index in [2.05, 4.69) is 180 Å². The molecule has 3 nitrogen and oxygen atoms in total. The molecule has 0 atom stereocenters. The quantitative estimate of drug-likeness (QED) is 0.148. The molecule has 3 heteroatoms. The molecular weight excluding hydrogens is 681 g/mol. The van der Waals surface area contributed by atoms with Crippen LogP contribution in [-0.2, 0) is 5.41 Å². The molecule has 0 spiro atoms. The maximum absolute atomic E-state index is 6.33. The van der Waals surface area contributed by atoms with Crippen molar-refractivity contribution in [2.75, 3.05) is 9.80 Å². The van der Waals surface area contributed by atoms with Crippen LogP contribution in [0.25, 0.3) is 21.9 Å². The number of hydrogen-bond acceptors (Lipinski definition) is 3. The molecule has 2 saturated carbocycles. The van der Waals surface area contributed by atoms with Crippen LogP contribution in [0.5, 0.6) is 0 Å². The first kappa shape index (κ1) is 34.4. The molecule has 0 unspecified atom stereocenters. The van der Waals surface area contributed by atoms with Gasteiger partial charge in [0.15, 0.2) is 0 Å². The number of para-hydroxylation sites is 3. The third-order valence-corrected chi connectivity index (χ3v) is 12.7. The fourth-order valence-corrected chi connectivity index (χ4v) is 9.88. The molecule has 2 aliphatic rings. The zero-order valence-corrected chi connectivity index (χ0v) is 32.0. The van der Waals surface area contributed by atoms with Crippen molar-refractivity contribution in [3.05, 3.63) is 193 Å². The van der Waals surface area contributed by atoms with Gasteiger partial charge in [0, 0.05) is 39.2 Å². The molecule has 0 aliphatic heterocycles. The van der Waals surface area contributed by atoms with Crippen molar-refractivity contribution in [2.24, 2.45) is 0 Å². The third-order valence-electron chi connectivity index (χ3n) is 12.7. The van der Waals surface area contributed by atoms with Crippen LogP contribution < -0.4 is 9.80 Å². The van der Waals surface area contributed by atoms with Crippen molar-refractivity contribution in [3.8, 4) is 0 Å². The van der Waals surface area contributed by atoms with E-state index in [0.29, 0.717) is 5.92 Å².